The summed E-state index contributed by atoms with van der Waals surface area (Å²) >= 11 is 0. The predicted molar refractivity (Wildman–Crippen MR) is 250 cm³/mol. The van der Waals surface area contributed by atoms with Crippen LogP contribution in [0.4, 0.5) is 31.1 Å². The number of hydrogen-bond donors (Lipinski definition) is 0. The van der Waals surface area contributed by atoms with Gasteiger partial charge in [-0.3, -0.25) is 9.59 Å². The van der Waals surface area contributed by atoms with Crippen molar-refractivity contribution in [3.05, 3.63) is 95.1 Å². The molecule has 1 unspecified atom stereocenters. The molecule has 16 heteroatoms. The molecule has 2 aromatic rings. The molecule has 0 saturated heterocycles. The summed E-state index contributed by atoms with van der Waals surface area (Å²) in [5.41, 5.74) is -0.425. The number of rotatable bonds is 37. The number of halogens is 6. The van der Waals surface area contributed by atoms with Crippen LogP contribution in [0.1, 0.15) is 139 Å². The van der Waals surface area contributed by atoms with E-state index in [9.17, 15) is 40.7 Å². The molecule has 0 spiro atoms. The topological polar surface area (TPSA) is 110 Å². The van der Waals surface area contributed by atoms with Gasteiger partial charge >= 0.3 is 30.4 Å². The van der Waals surface area contributed by atoms with Gasteiger partial charge < -0.3 is 33.3 Å². The Labute approximate surface area is 400 Å². The summed E-state index contributed by atoms with van der Waals surface area (Å²) in [6.07, 6.45) is 10.7. The lowest BCUT2D eigenvalue weighted by molar-refractivity contribution is -0.160. The van der Waals surface area contributed by atoms with E-state index in [1.54, 1.807) is 0 Å². The summed E-state index contributed by atoms with van der Waals surface area (Å²) < 4.78 is 112. The SMILES string of the molecule is CCCCC/C=C\C/C=C\CCCCCCCC(=O)OCC(COC(=O)CCC(OCCc1ccc(C(F)(F)F)cc1)OCCc1ccc(C(F)(F)F)cc1)COC(=O)OCCCN(CC)CC. The van der Waals surface area contributed by atoms with Gasteiger partial charge in [0.1, 0.15) is 19.8 Å². The van der Waals surface area contributed by atoms with Crippen LogP contribution in [-0.4, -0.2) is 88.6 Å². The molecule has 68 heavy (non-hydrogen) atoms. The lowest BCUT2D eigenvalue weighted by Crippen LogP contribution is -2.28. The van der Waals surface area contributed by atoms with E-state index in [0.717, 1.165) is 88.8 Å². The van der Waals surface area contributed by atoms with Crippen LogP contribution >= 0.6 is 0 Å². The van der Waals surface area contributed by atoms with Gasteiger partial charge in [-0.2, -0.15) is 26.3 Å². The highest BCUT2D eigenvalue weighted by atomic mass is 19.4. The first-order valence-corrected chi connectivity index (χ1v) is 24.3. The Kier molecular flexibility index (Phi) is 31.3. The normalized spacial score (nSPS) is 12.6. The fourth-order valence-corrected chi connectivity index (χ4v) is 6.79. The summed E-state index contributed by atoms with van der Waals surface area (Å²) in [5, 5.41) is 0. The molecule has 0 bridgehead atoms. The van der Waals surface area contributed by atoms with Gasteiger partial charge in [0.25, 0.3) is 0 Å². The van der Waals surface area contributed by atoms with Crippen molar-refractivity contribution in [2.45, 2.75) is 149 Å². The third-order valence-corrected chi connectivity index (χ3v) is 11.0. The minimum Gasteiger partial charge on any atom is -0.465 e. The number of carbonyl (C=O) groups is 3. The van der Waals surface area contributed by atoms with E-state index in [-0.39, 0.29) is 71.7 Å². The Morgan fingerprint density at radius 2 is 1.04 bits per heavy atom. The van der Waals surface area contributed by atoms with Gasteiger partial charge in [0.15, 0.2) is 6.29 Å². The summed E-state index contributed by atoms with van der Waals surface area (Å²) in [6.45, 7) is 8.30. The zero-order valence-corrected chi connectivity index (χ0v) is 40.4. The van der Waals surface area contributed by atoms with Crippen molar-refractivity contribution >= 4 is 18.1 Å². The molecule has 384 valence electrons. The Bertz CT molecular complexity index is 1630. The molecule has 0 heterocycles. The van der Waals surface area contributed by atoms with Gasteiger partial charge in [-0.15, -0.1) is 0 Å². The molecule has 0 fully saturated rings. The first-order chi connectivity index (χ1) is 32.6. The van der Waals surface area contributed by atoms with Crippen LogP contribution in [0.15, 0.2) is 72.8 Å². The average molecular weight is 972 g/mol. The lowest BCUT2D eigenvalue weighted by atomic mass is 10.1. The minimum atomic E-state index is -4.48. The minimum absolute atomic E-state index is 0.00236. The van der Waals surface area contributed by atoms with E-state index in [4.69, 9.17) is 28.4 Å². The molecule has 0 aromatic heterocycles. The summed E-state index contributed by atoms with van der Waals surface area (Å²) in [6, 6.07) is 9.24. The van der Waals surface area contributed by atoms with E-state index in [0.29, 0.717) is 24.0 Å². The van der Waals surface area contributed by atoms with Gasteiger partial charge in [0, 0.05) is 19.4 Å². The maximum absolute atomic E-state index is 13.0. The number of hydrogen-bond acceptors (Lipinski definition) is 10. The quantitative estimate of drug-likeness (QED) is 0.0162. The van der Waals surface area contributed by atoms with Crippen molar-refractivity contribution in [3.8, 4) is 0 Å². The van der Waals surface area contributed by atoms with Crippen molar-refractivity contribution in [2.24, 2.45) is 5.92 Å². The smallest absolute Gasteiger partial charge is 0.465 e. The highest BCUT2D eigenvalue weighted by Crippen LogP contribution is 2.30. The Balaban J connectivity index is 1.90. The number of carbonyl (C=O) groups excluding carboxylic acids is 3. The van der Waals surface area contributed by atoms with Crippen molar-refractivity contribution in [3.63, 3.8) is 0 Å². The number of esters is 2. The summed E-state index contributed by atoms with van der Waals surface area (Å²) in [4.78, 5) is 40.3. The molecule has 2 aromatic carbocycles. The summed E-state index contributed by atoms with van der Waals surface area (Å²) in [5.74, 6) is -1.78. The van der Waals surface area contributed by atoms with Crippen LogP contribution in [0.5, 0.6) is 0 Å². The van der Waals surface area contributed by atoms with Crippen LogP contribution in [0.2, 0.25) is 0 Å². The number of unbranched alkanes of at least 4 members (excludes halogenated alkanes) is 8. The van der Waals surface area contributed by atoms with Gasteiger partial charge in [-0.1, -0.05) is 101 Å². The van der Waals surface area contributed by atoms with Crippen molar-refractivity contribution in [1.82, 2.24) is 4.90 Å². The molecule has 0 aliphatic carbocycles. The van der Waals surface area contributed by atoms with Crippen LogP contribution in [-0.2, 0) is 63.2 Å². The molecule has 1 atom stereocenters. The van der Waals surface area contributed by atoms with E-state index >= 15 is 0 Å². The maximum atomic E-state index is 13.0. The largest absolute Gasteiger partial charge is 0.508 e. The number of nitrogens with zero attached hydrogens (tertiary/aromatic N) is 1. The first-order valence-electron chi connectivity index (χ1n) is 24.3. The summed E-state index contributed by atoms with van der Waals surface area (Å²) in [7, 11) is 0. The van der Waals surface area contributed by atoms with Crippen molar-refractivity contribution in [1.29, 1.82) is 0 Å². The fourth-order valence-electron chi connectivity index (χ4n) is 6.79. The van der Waals surface area contributed by atoms with Crippen LogP contribution in [0, 0.1) is 5.92 Å². The predicted octanol–water partition coefficient (Wildman–Crippen LogP) is 13.1. The Hall–Kier alpha value is -4.41. The molecular formula is C52H75F6NO9. The zero-order chi connectivity index (χ0) is 49.9. The Morgan fingerprint density at radius 1 is 0.559 bits per heavy atom. The third kappa shape index (κ3) is 29.5. The molecular weight excluding hydrogens is 897 g/mol. The van der Waals surface area contributed by atoms with Gasteiger partial charge in [-0.25, -0.2) is 4.79 Å². The number of benzene rings is 2. The van der Waals surface area contributed by atoms with Crippen molar-refractivity contribution in [2.75, 3.05) is 59.3 Å². The first kappa shape index (κ1) is 59.7. The van der Waals surface area contributed by atoms with Gasteiger partial charge in [0.05, 0.1) is 43.3 Å². The number of ether oxygens (including phenoxy) is 6. The second-order valence-corrected chi connectivity index (χ2v) is 16.6. The molecule has 0 aliphatic heterocycles. The molecule has 0 radical (unpaired) electrons. The molecule has 0 saturated carbocycles. The standard InChI is InChI=1S/C52H75F6NO9/c1-4-7-8-9-10-11-12-13-14-15-16-17-18-19-20-22-47(60)66-39-44(41-68-50(62)65-36-21-35-59(5-2)6-3)40-67-48(61)31-32-49(63-37-33-42-23-27-45(28-24-42)51(53,54)55)64-38-34-43-25-29-46(30-26-43)52(56,57)58/h10-11,13-14,23-30,44,49H,4-9,12,15-22,31-41H2,1-3H3/b11-10-,14-13-. The Morgan fingerprint density at radius 3 is 1.56 bits per heavy atom. The zero-order valence-electron chi connectivity index (χ0n) is 40.4. The van der Waals surface area contributed by atoms with E-state index in [2.05, 4.69) is 36.1 Å². The molecule has 2 rings (SSSR count). The average Bonchev–Trinajstić information content (AvgIpc) is 3.31. The molecule has 10 nitrogen and oxygen atoms in total. The number of allylic oxidation sites excluding steroid dienone is 4. The fraction of sp³-hybridized carbons (Fsp3) is 0.635. The molecule has 0 aliphatic rings. The van der Waals surface area contributed by atoms with Crippen molar-refractivity contribution < 1.29 is 69.1 Å². The highest BCUT2D eigenvalue weighted by Gasteiger charge is 2.31. The second-order valence-electron chi connectivity index (χ2n) is 16.6. The van der Waals surface area contributed by atoms with Gasteiger partial charge in [-0.05, 0) is 106 Å². The molecule has 0 amide bonds. The lowest BCUT2D eigenvalue weighted by Gasteiger charge is -2.20. The van der Waals surface area contributed by atoms with Crippen LogP contribution in [0.25, 0.3) is 0 Å². The second kappa shape index (κ2) is 35.7. The van der Waals surface area contributed by atoms with E-state index in [1.807, 2.05) is 13.8 Å². The monoisotopic (exact) mass is 972 g/mol. The van der Waals surface area contributed by atoms with Crippen LogP contribution in [0.3, 0.4) is 0 Å². The highest BCUT2D eigenvalue weighted by molar-refractivity contribution is 5.69. The van der Waals surface area contributed by atoms with E-state index < -0.39 is 53.8 Å². The van der Waals surface area contributed by atoms with Crippen LogP contribution < -0.4 is 0 Å². The van der Waals surface area contributed by atoms with Gasteiger partial charge in [0.2, 0.25) is 0 Å². The number of alkyl halides is 6. The van der Waals surface area contributed by atoms with E-state index in [1.165, 1.54) is 43.5 Å². The molecule has 0 N–H and O–H groups in total. The third-order valence-electron chi connectivity index (χ3n) is 11.0. The maximum Gasteiger partial charge on any atom is 0.508 e.